The van der Waals surface area contributed by atoms with Crippen LogP contribution in [0, 0.1) is 20.8 Å². The van der Waals surface area contributed by atoms with Gasteiger partial charge in [-0.15, -0.1) is 0 Å². The molecule has 1 atom stereocenters. The molecular formula is C13H17N3O2. The topological polar surface area (TPSA) is 84.2 Å². The van der Waals surface area contributed by atoms with Gasteiger partial charge >= 0.3 is 6.03 Å². The average Bonchev–Trinajstić information content (AvgIpc) is 2.53. The highest BCUT2D eigenvalue weighted by Crippen LogP contribution is 2.30. The Morgan fingerprint density at radius 2 is 1.72 bits per heavy atom. The van der Waals surface area contributed by atoms with Gasteiger partial charge in [0, 0.05) is 6.54 Å². The van der Waals surface area contributed by atoms with Crippen molar-refractivity contribution in [3.63, 3.8) is 0 Å². The zero-order valence-electron chi connectivity index (χ0n) is 10.8. The van der Waals surface area contributed by atoms with Crippen LogP contribution in [0.2, 0.25) is 0 Å². The molecule has 5 heteroatoms. The Bertz CT molecular complexity index is 516. The zero-order valence-corrected chi connectivity index (χ0v) is 10.8. The van der Waals surface area contributed by atoms with Gasteiger partial charge in [0.1, 0.15) is 0 Å². The SMILES string of the molecule is Cc1cc(C)c(C2(CN)NC(=O)NC2=O)c(C)c1. The molecular weight excluding hydrogens is 230 g/mol. The van der Waals surface area contributed by atoms with Gasteiger partial charge in [-0.2, -0.15) is 0 Å². The Kier molecular flexibility index (Phi) is 2.86. The van der Waals surface area contributed by atoms with E-state index in [0.29, 0.717) is 0 Å². The third-order valence-electron chi connectivity index (χ3n) is 3.35. The minimum absolute atomic E-state index is 0.0370. The van der Waals surface area contributed by atoms with Gasteiger partial charge in [-0.25, -0.2) is 4.79 Å². The van der Waals surface area contributed by atoms with Crippen LogP contribution in [0.3, 0.4) is 0 Å². The maximum Gasteiger partial charge on any atom is 0.322 e. The van der Waals surface area contributed by atoms with Gasteiger partial charge in [-0.1, -0.05) is 17.7 Å². The quantitative estimate of drug-likeness (QED) is 0.669. The third kappa shape index (κ3) is 1.67. The molecule has 1 saturated heterocycles. The fraction of sp³-hybridized carbons (Fsp3) is 0.385. The number of rotatable bonds is 2. The summed E-state index contributed by atoms with van der Waals surface area (Å²) in [4.78, 5) is 23.4. The fourth-order valence-corrected chi connectivity index (χ4v) is 2.77. The van der Waals surface area contributed by atoms with Crippen molar-refractivity contribution in [2.75, 3.05) is 6.54 Å². The van der Waals surface area contributed by atoms with Gasteiger partial charge in [0.25, 0.3) is 5.91 Å². The number of imide groups is 1. The maximum absolute atomic E-state index is 12.1. The molecule has 1 aliphatic rings. The summed E-state index contributed by atoms with van der Waals surface area (Å²) < 4.78 is 0. The number of carbonyl (C=O) groups is 2. The zero-order chi connectivity index (χ0) is 13.5. The summed E-state index contributed by atoms with van der Waals surface area (Å²) in [7, 11) is 0. The molecule has 0 aromatic heterocycles. The molecule has 0 aliphatic carbocycles. The molecule has 96 valence electrons. The summed E-state index contributed by atoms with van der Waals surface area (Å²) in [5, 5.41) is 4.92. The van der Waals surface area contributed by atoms with Crippen LogP contribution in [0.15, 0.2) is 12.1 Å². The smallest absolute Gasteiger partial charge is 0.322 e. The molecule has 2 rings (SSSR count). The van der Waals surface area contributed by atoms with Crippen LogP contribution in [-0.2, 0) is 10.3 Å². The Morgan fingerprint density at radius 3 is 2.11 bits per heavy atom. The van der Waals surface area contributed by atoms with Crippen molar-refractivity contribution in [1.29, 1.82) is 0 Å². The Morgan fingerprint density at radius 1 is 1.17 bits per heavy atom. The standard InChI is InChI=1S/C13H17N3O2/c1-7-4-8(2)10(9(3)5-7)13(6-14)11(17)15-12(18)16-13/h4-5H,6,14H2,1-3H3,(H2,15,16,17,18). The average molecular weight is 247 g/mol. The molecule has 3 amide bonds. The molecule has 1 heterocycles. The maximum atomic E-state index is 12.1. The second-order valence-corrected chi connectivity index (χ2v) is 4.79. The van der Waals surface area contributed by atoms with Crippen molar-refractivity contribution in [2.45, 2.75) is 26.3 Å². The predicted molar refractivity (Wildman–Crippen MR) is 68.1 cm³/mol. The molecule has 1 aliphatic heterocycles. The van der Waals surface area contributed by atoms with Crippen molar-refractivity contribution in [2.24, 2.45) is 5.73 Å². The van der Waals surface area contributed by atoms with Gasteiger partial charge in [-0.05, 0) is 37.5 Å². The summed E-state index contributed by atoms with van der Waals surface area (Å²) in [6, 6.07) is 3.47. The second kappa shape index (κ2) is 4.10. The van der Waals surface area contributed by atoms with Gasteiger partial charge in [0.05, 0.1) is 0 Å². The third-order valence-corrected chi connectivity index (χ3v) is 3.35. The van der Waals surface area contributed by atoms with E-state index in [9.17, 15) is 9.59 Å². The largest absolute Gasteiger partial charge is 0.327 e. The van der Waals surface area contributed by atoms with Gasteiger partial charge < -0.3 is 11.1 Å². The monoisotopic (exact) mass is 247 g/mol. The summed E-state index contributed by atoms with van der Waals surface area (Å²) >= 11 is 0. The van der Waals surface area contributed by atoms with Crippen LogP contribution in [-0.4, -0.2) is 18.5 Å². The molecule has 0 spiro atoms. The second-order valence-electron chi connectivity index (χ2n) is 4.79. The Balaban J connectivity index is 2.66. The molecule has 1 aromatic rings. The first kappa shape index (κ1) is 12.6. The number of urea groups is 1. The first-order valence-corrected chi connectivity index (χ1v) is 5.82. The van der Waals surface area contributed by atoms with E-state index in [4.69, 9.17) is 5.73 Å². The van der Waals surface area contributed by atoms with Crippen molar-refractivity contribution < 1.29 is 9.59 Å². The van der Waals surface area contributed by atoms with Crippen LogP contribution >= 0.6 is 0 Å². The lowest BCUT2D eigenvalue weighted by Crippen LogP contribution is -2.50. The molecule has 1 unspecified atom stereocenters. The van der Waals surface area contributed by atoms with Gasteiger partial charge in [-0.3, -0.25) is 10.1 Å². The number of nitrogens with two attached hydrogens (primary N) is 1. The number of amides is 3. The minimum atomic E-state index is -1.14. The summed E-state index contributed by atoms with van der Waals surface area (Å²) in [5.74, 6) is -0.384. The molecule has 0 bridgehead atoms. The lowest BCUT2D eigenvalue weighted by Gasteiger charge is -2.28. The first-order chi connectivity index (χ1) is 8.40. The van der Waals surface area contributed by atoms with Crippen molar-refractivity contribution in [3.05, 3.63) is 34.4 Å². The summed E-state index contributed by atoms with van der Waals surface area (Å²) in [5.41, 5.74) is 8.43. The van der Waals surface area contributed by atoms with Crippen molar-refractivity contribution in [3.8, 4) is 0 Å². The Labute approximate surface area is 106 Å². The van der Waals surface area contributed by atoms with E-state index in [0.717, 1.165) is 22.3 Å². The van der Waals surface area contributed by atoms with Crippen LogP contribution in [0.4, 0.5) is 4.79 Å². The number of hydrogen-bond donors (Lipinski definition) is 3. The number of carbonyl (C=O) groups excluding carboxylic acids is 2. The van der Waals surface area contributed by atoms with Crippen LogP contribution in [0.1, 0.15) is 22.3 Å². The van der Waals surface area contributed by atoms with E-state index in [1.807, 2.05) is 32.9 Å². The van der Waals surface area contributed by atoms with Crippen molar-refractivity contribution in [1.82, 2.24) is 10.6 Å². The number of aryl methyl sites for hydroxylation is 3. The Hall–Kier alpha value is -1.88. The highest BCUT2D eigenvalue weighted by atomic mass is 16.2. The van der Waals surface area contributed by atoms with E-state index in [1.165, 1.54) is 0 Å². The number of nitrogens with one attached hydrogen (secondary N) is 2. The molecule has 1 aromatic carbocycles. The van der Waals surface area contributed by atoms with Gasteiger partial charge in [0.15, 0.2) is 5.54 Å². The fourth-order valence-electron chi connectivity index (χ4n) is 2.77. The van der Waals surface area contributed by atoms with E-state index in [2.05, 4.69) is 10.6 Å². The van der Waals surface area contributed by atoms with E-state index >= 15 is 0 Å². The van der Waals surface area contributed by atoms with E-state index < -0.39 is 11.6 Å². The lowest BCUT2D eigenvalue weighted by atomic mass is 9.83. The molecule has 4 N–H and O–H groups in total. The van der Waals surface area contributed by atoms with Gasteiger partial charge in [0.2, 0.25) is 0 Å². The molecule has 18 heavy (non-hydrogen) atoms. The van der Waals surface area contributed by atoms with Crippen molar-refractivity contribution >= 4 is 11.9 Å². The van der Waals surface area contributed by atoms with Crippen LogP contribution in [0.25, 0.3) is 0 Å². The normalized spacial score (nSPS) is 22.9. The number of hydrogen-bond acceptors (Lipinski definition) is 3. The van der Waals surface area contributed by atoms with Crippen LogP contribution in [0.5, 0.6) is 0 Å². The summed E-state index contributed by atoms with van der Waals surface area (Å²) in [6.07, 6.45) is 0. The first-order valence-electron chi connectivity index (χ1n) is 5.82. The van der Waals surface area contributed by atoms with Crippen LogP contribution < -0.4 is 16.4 Å². The molecule has 0 saturated carbocycles. The number of benzene rings is 1. The van der Waals surface area contributed by atoms with E-state index in [1.54, 1.807) is 0 Å². The summed E-state index contributed by atoms with van der Waals surface area (Å²) in [6.45, 7) is 5.87. The minimum Gasteiger partial charge on any atom is -0.327 e. The van der Waals surface area contributed by atoms with E-state index in [-0.39, 0.29) is 12.5 Å². The highest BCUT2D eigenvalue weighted by molar-refractivity contribution is 6.08. The molecule has 5 nitrogen and oxygen atoms in total. The highest BCUT2D eigenvalue weighted by Gasteiger charge is 2.48. The predicted octanol–water partition coefficient (Wildman–Crippen LogP) is 0.605. The lowest BCUT2D eigenvalue weighted by molar-refractivity contribution is -0.124. The molecule has 1 fully saturated rings. The molecule has 0 radical (unpaired) electrons.